The average molecular weight is 272 g/mol. The predicted molar refractivity (Wildman–Crippen MR) is 66.9 cm³/mol. The van der Waals surface area contributed by atoms with Crippen LogP contribution in [0.1, 0.15) is 11.1 Å². The molecule has 0 unspecified atom stereocenters. The highest BCUT2D eigenvalue weighted by atomic mass is 35.5. The molecule has 1 heterocycles. The fourth-order valence-electron chi connectivity index (χ4n) is 1.51. The van der Waals surface area contributed by atoms with Gasteiger partial charge in [0.15, 0.2) is 0 Å². The Balaban J connectivity index is 2.22. The summed E-state index contributed by atoms with van der Waals surface area (Å²) in [7, 11) is 0. The molecule has 0 aliphatic carbocycles. The van der Waals surface area contributed by atoms with Gasteiger partial charge in [0.2, 0.25) is 0 Å². The SMILES string of the molecule is FC(F)(F)c1ccc(/C=C/C2=NCC=C2)c(Cl)c1. The summed E-state index contributed by atoms with van der Waals surface area (Å²) in [6, 6.07) is 3.28. The largest absolute Gasteiger partial charge is 0.416 e. The van der Waals surface area contributed by atoms with Crippen molar-refractivity contribution in [1.29, 1.82) is 0 Å². The topological polar surface area (TPSA) is 12.4 Å². The molecule has 0 spiro atoms. The summed E-state index contributed by atoms with van der Waals surface area (Å²) < 4.78 is 37.3. The van der Waals surface area contributed by atoms with Crippen LogP contribution >= 0.6 is 11.6 Å². The lowest BCUT2D eigenvalue weighted by Gasteiger charge is -2.07. The van der Waals surface area contributed by atoms with Crippen LogP contribution in [-0.4, -0.2) is 12.3 Å². The fraction of sp³-hybridized carbons (Fsp3) is 0.154. The van der Waals surface area contributed by atoms with E-state index < -0.39 is 11.7 Å². The summed E-state index contributed by atoms with van der Waals surface area (Å²) in [5.74, 6) is 0. The van der Waals surface area contributed by atoms with E-state index in [2.05, 4.69) is 4.99 Å². The van der Waals surface area contributed by atoms with Gasteiger partial charge in [-0.1, -0.05) is 29.8 Å². The quantitative estimate of drug-likeness (QED) is 0.757. The highest BCUT2D eigenvalue weighted by Crippen LogP contribution is 2.32. The van der Waals surface area contributed by atoms with Gasteiger partial charge in [-0.25, -0.2) is 0 Å². The number of alkyl halides is 3. The van der Waals surface area contributed by atoms with Crippen LogP contribution in [0.2, 0.25) is 5.02 Å². The zero-order chi connectivity index (χ0) is 13.2. The van der Waals surface area contributed by atoms with E-state index in [-0.39, 0.29) is 5.02 Å². The van der Waals surface area contributed by atoms with Gasteiger partial charge in [-0.15, -0.1) is 0 Å². The number of benzene rings is 1. The van der Waals surface area contributed by atoms with E-state index in [1.165, 1.54) is 6.07 Å². The van der Waals surface area contributed by atoms with Crippen LogP contribution in [0.25, 0.3) is 6.08 Å². The molecule has 0 bridgehead atoms. The monoisotopic (exact) mass is 271 g/mol. The van der Waals surface area contributed by atoms with Crippen LogP contribution in [0.4, 0.5) is 13.2 Å². The van der Waals surface area contributed by atoms with Crippen molar-refractivity contribution in [1.82, 2.24) is 0 Å². The Bertz CT molecular complexity index is 542. The third kappa shape index (κ3) is 3.01. The molecule has 94 valence electrons. The molecule has 1 aromatic rings. The first-order valence-electron chi connectivity index (χ1n) is 5.22. The standard InChI is InChI=1S/C13H9ClF3N/c14-12-8-10(13(15,16)17)5-3-9(12)4-6-11-2-1-7-18-11/h1-6,8H,7H2/b6-4+. The molecule has 0 radical (unpaired) electrons. The maximum absolute atomic E-state index is 12.4. The average Bonchev–Trinajstić information content (AvgIpc) is 2.79. The Morgan fingerprint density at radius 3 is 2.56 bits per heavy atom. The number of hydrogen-bond acceptors (Lipinski definition) is 1. The zero-order valence-corrected chi connectivity index (χ0v) is 9.96. The smallest absolute Gasteiger partial charge is 0.281 e. The molecule has 5 heteroatoms. The van der Waals surface area contributed by atoms with Gasteiger partial charge in [0.05, 0.1) is 17.8 Å². The zero-order valence-electron chi connectivity index (χ0n) is 9.21. The van der Waals surface area contributed by atoms with Crippen LogP contribution in [0.15, 0.2) is 41.4 Å². The molecule has 0 amide bonds. The van der Waals surface area contributed by atoms with Crippen molar-refractivity contribution in [2.24, 2.45) is 4.99 Å². The lowest BCUT2D eigenvalue weighted by molar-refractivity contribution is -0.137. The molecule has 0 atom stereocenters. The van der Waals surface area contributed by atoms with Crippen molar-refractivity contribution < 1.29 is 13.2 Å². The van der Waals surface area contributed by atoms with E-state index in [0.717, 1.165) is 17.8 Å². The third-order valence-corrected chi connectivity index (χ3v) is 2.76. The van der Waals surface area contributed by atoms with Crippen molar-refractivity contribution >= 4 is 23.4 Å². The Morgan fingerprint density at radius 2 is 2.00 bits per heavy atom. The minimum Gasteiger partial charge on any atom is -0.281 e. The van der Waals surface area contributed by atoms with Crippen LogP contribution in [0.3, 0.4) is 0 Å². The first-order chi connectivity index (χ1) is 8.47. The van der Waals surface area contributed by atoms with Crippen molar-refractivity contribution in [2.75, 3.05) is 6.54 Å². The summed E-state index contributed by atoms with van der Waals surface area (Å²) in [4.78, 5) is 4.13. The van der Waals surface area contributed by atoms with E-state index >= 15 is 0 Å². The summed E-state index contributed by atoms with van der Waals surface area (Å²) >= 11 is 5.81. The number of allylic oxidation sites excluding steroid dienone is 2. The Hall–Kier alpha value is -1.55. The highest BCUT2D eigenvalue weighted by Gasteiger charge is 2.30. The first kappa shape index (κ1) is 12.9. The van der Waals surface area contributed by atoms with Gasteiger partial charge in [0, 0.05) is 5.02 Å². The molecule has 1 aliphatic heterocycles. The van der Waals surface area contributed by atoms with Crippen molar-refractivity contribution in [3.05, 3.63) is 52.6 Å². The number of halogens is 4. The van der Waals surface area contributed by atoms with Crippen LogP contribution in [0, 0.1) is 0 Å². The number of nitrogens with zero attached hydrogens (tertiary/aromatic N) is 1. The van der Waals surface area contributed by atoms with Gasteiger partial charge >= 0.3 is 6.18 Å². The third-order valence-electron chi connectivity index (χ3n) is 2.43. The molecule has 0 fully saturated rings. The van der Waals surface area contributed by atoms with Crippen molar-refractivity contribution in [2.45, 2.75) is 6.18 Å². The maximum Gasteiger partial charge on any atom is 0.416 e. The number of hydrogen-bond donors (Lipinski definition) is 0. The van der Waals surface area contributed by atoms with E-state index in [0.29, 0.717) is 12.1 Å². The molecule has 0 N–H and O–H groups in total. The van der Waals surface area contributed by atoms with Crippen LogP contribution in [-0.2, 0) is 6.18 Å². The van der Waals surface area contributed by atoms with Crippen LogP contribution < -0.4 is 0 Å². The highest BCUT2D eigenvalue weighted by molar-refractivity contribution is 6.32. The van der Waals surface area contributed by atoms with Gasteiger partial charge in [0.1, 0.15) is 0 Å². The summed E-state index contributed by atoms with van der Waals surface area (Å²) in [5, 5.41) is 0.0728. The summed E-state index contributed by atoms with van der Waals surface area (Å²) in [6.45, 7) is 0.639. The van der Waals surface area contributed by atoms with Crippen molar-refractivity contribution in [3.63, 3.8) is 0 Å². The molecular weight excluding hydrogens is 263 g/mol. The summed E-state index contributed by atoms with van der Waals surface area (Å²) in [5.41, 5.74) is 0.571. The van der Waals surface area contributed by atoms with Gasteiger partial charge in [0.25, 0.3) is 0 Å². The molecule has 0 saturated carbocycles. The molecule has 18 heavy (non-hydrogen) atoms. The minimum atomic E-state index is -4.37. The first-order valence-corrected chi connectivity index (χ1v) is 5.60. The lowest BCUT2D eigenvalue weighted by Crippen LogP contribution is -2.04. The van der Waals surface area contributed by atoms with E-state index in [9.17, 15) is 13.2 Å². The predicted octanol–water partition coefficient (Wildman–Crippen LogP) is 4.38. The molecule has 1 aromatic carbocycles. The molecule has 1 nitrogen and oxygen atoms in total. The molecule has 0 aromatic heterocycles. The second-order valence-electron chi connectivity index (χ2n) is 3.74. The lowest BCUT2D eigenvalue weighted by atomic mass is 10.1. The van der Waals surface area contributed by atoms with E-state index in [1.807, 2.05) is 12.2 Å². The van der Waals surface area contributed by atoms with E-state index in [4.69, 9.17) is 11.6 Å². The minimum absolute atomic E-state index is 0.0728. The Kier molecular flexibility index (Phi) is 3.57. The molecule has 2 rings (SSSR count). The Labute approximate surface area is 107 Å². The Morgan fingerprint density at radius 1 is 1.22 bits per heavy atom. The van der Waals surface area contributed by atoms with Gasteiger partial charge in [-0.2, -0.15) is 13.2 Å². The van der Waals surface area contributed by atoms with Crippen LogP contribution in [0.5, 0.6) is 0 Å². The van der Waals surface area contributed by atoms with Crippen molar-refractivity contribution in [3.8, 4) is 0 Å². The molecule has 1 aliphatic rings. The van der Waals surface area contributed by atoms with Gasteiger partial charge in [-0.3, -0.25) is 4.99 Å². The molecular formula is C13H9ClF3N. The maximum atomic E-state index is 12.4. The normalized spacial score (nSPS) is 15.4. The van der Waals surface area contributed by atoms with Gasteiger partial charge in [-0.05, 0) is 29.8 Å². The summed E-state index contributed by atoms with van der Waals surface area (Å²) in [6.07, 6.45) is 2.74. The van der Waals surface area contributed by atoms with Gasteiger partial charge < -0.3 is 0 Å². The second-order valence-corrected chi connectivity index (χ2v) is 4.14. The number of rotatable bonds is 2. The van der Waals surface area contributed by atoms with E-state index in [1.54, 1.807) is 12.2 Å². The number of aliphatic imine (C=N–C) groups is 1. The second kappa shape index (κ2) is 4.98. The molecule has 0 saturated heterocycles. The fourth-order valence-corrected chi connectivity index (χ4v) is 1.75.